The topological polar surface area (TPSA) is 172 Å². The molecule has 5 heterocycles. The number of halogens is 1. The number of carbonyl (C=O) groups excluding carboxylic acids is 1. The van der Waals surface area contributed by atoms with E-state index in [4.69, 9.17) is 10.7 Å². The van der Waals surface area contributed by atoms with Gasteiger partial charge >= 0.3 is 0 Å². The smallest absolute Gasteiger partial charge is 0.292 e. The van der Waals surface area contributed by atoms with Crippen LogP contribution in [0.3, 0.4) is 0 Å². The van der Waals surface area contributed by atoms with E-state index in [1.807, 2.05) is 4.90 Å². The molecule has 38 heavy (non-hydrogen) atoms. The molecule has 0 unspecified atom stereocenters. The lowest BCUT2D eigenvalue weighted by molar-refractivity contribution is 0.0556. The third-order valence-corrected chi connectivity index (χ3v) is 8.70. The van der Waals surface area contributed by atoms with Crippen molar-refractivity contribution >= 4 is 27.2 Å². The predicted octanol–water partition coefficient (Wildman–Crippen LogP) is 1.68. The predicted molar refractivity (Wildman–Crippen MR) is 133 cm³/mol. The van der Waals surface area contributed by atoms with Gasteiger partial charge in [0.15, 0.2) is 15.5 Å². The van der Waals surface area contributed by atoms with Crippen molar-refractivity contribution in [1.82, 2.24) is 34.7 Å². The lowest BCUT2D eigenvalue weighted by Gasteiger charge is -2.38. The molecule has 14 heteroatoms. The van der Waals surface area contributed by atoms with E-state index in [0.717, 1.165) is 19.1 Å². The van der Waals surface area contributed by atoms with Crippen LogP contribution in [0.1, 0.15) is 53.5 Å². The van der Waals surface area contributed by atoms with Crippen LogP contribution in [0.2, 0.25) is 0 Å². The van der Waals surface area contributed by atoms with E-state index < -0.39 is 22.3 Å². The number of nitrogens with two attached hydrogens (primary N) is 1. The van der Waals surface area contributed by atoms with Gasteiger partial charge in [-0.25, -0.2) is 17.8 Å². The molecule has 2 aliphatic heterocycles. The molecule has 0 radical (unpaired) electrons. The molecule has 0 saturated carbocycles. The summed E-state index contributed by atoms with van der Waals surface area (Å²) in [6.45, 7) is -0.437. The molecule has 198 valence electrons. The van der Waals surface area contributed by atoms with Crippen molar-refractivity contribution in [2.45, 2.75) is 55.2 Å². The van der Waals surface area contributed by atoms with Gasteiger partial charge in [-0.2, -0.15) is 9.61 Å². The molecule has 2 fully saturated rings. The van der Waals surface area contributed by atoms with E-state index in [1.54, 1.807) is 6.07 Å². The molecular weight excluding hydrogens is 515 g/mol. The largest absolute Gasteiger partial charge is 0.392 e. The van der Waals surface area contributed by atoms with Crippen molar-refractivity contribution in [2.75, 3.05) is 12.0 Å². The Bertz CT molecular complexity index is 1660. The molecule has 6 rings (SSSR count). The summed E-state index contributed by atoms with van der Waals surface area (Å²) in [5.41, 5.74) is 8.12. The number of amides is 1. The second kappa shape index (κ2) is 8.84. The van der Waals surface area contributed by atoms with Gasteiger partial charge < -0.3 is 20.7 Å². The molecule has 3 atom stereocenters. The molecule has 4 aromatic rings. The first-order valence-corrected chi connectivity index (χ1v) is 14.0. The van der Waals surface area contributed by atoms with Crippen molar-refractivity contribution in [2.24, 2.45) is 0 Å². The molecule has 1 aromatic carbocycles. The molecule has 2 bridgehead atoms. The van der Waals surface area contributed by atoms with Gasteiger partial charge in [-0.15, -0.1) is 10.2 Å². The molecule has 2 aliphatic rings. The maximum atomic E-state index is 14.5. The van der Waals surface area contributed by atoms with E-state index in [0.29, 0.717) is 35.3 Å². The van der Waals surface area contributed by atoms with Crippen LogP contribution in [0.5, 0.6) is 0 Å². The van der Waals surface area contributed by atoms with Crippen molar-refractivity contribution in [3.8, 4) is 11.1 Å². The highest BCUT2D eigenvalue weighted by Crippen LogP contribution is 2.45. The highest BCUT2D eigenvalue weighted by Gasteiger charge is 2.46. The summed E-state index contributed by atoms with van der Waals surface area (Å²) in [4.78, 5) is 22.3. The van der Waals surface area contributed by atoms with Crippen LogP contribution >= 0.6 is 0 Å². The van der Waals surface area contributed by atoms with Gasteiger partial charge in [-0.3, -0.25) is 4.79 Å². The van der Waals surface area contributed by atoms with Gasteiger partial charge in [0.25, 0.3) is 5.91 Å². The molecule has 1 amide bonds. The van der Waals surface area contributed by atoms with Crippen LogP contribution in [-0.2, 0) is 16.4 Å². The van der Waals surface area contributed by atoms with Crippen molar-refractivity contribution in [3.63, 3.8) is 0 Å². The number of fused-ring (bicyclic) bond motifs is 3. The zero-order valence-corrected chi connectivity index (χ0v) is 21.2. The average molecular weight is 541 g/mol. The van der Waals surface area contributed by atoms with E-state index in [2.05, 4.69) is 20.3 Å². The number of sulfone groups is 1. The van der Waals surface area contributed by atoms with Crippen LogP contribution in [0.15, 0.2) is 35.6 Å². The second-order valence-corrected chi connectivity index (χ2v) is 11.8. The monoisotopic (exact) mass is 540 g/mol. The van der Waals surface area contributed by atoms with E-state index >= 15 is 0 Å². The van der Waals surface area contributed by atoms with Crippen molar-refractivity contribution in [3.05, 3.63) is 53.6 Å². The van der Waals surface area contributed by atoms with Crippen molar-refractivity contribution in [1.29, 1.82) is 0 Å². The number of aliphatic hydroxyl groups excluding tert-OH is 1. The summed E-state index contributed by atoms with van der Waals surface area (Å²) in [7, 11) is -3.80. The SMILES string of the molecule is CS(=O)(=O)c1c([C@@H]2C[C@H]3CC[C@@H](C2)N3C(=O)c2nnc[nH]2)nc2c(-c3ccc(CO)c(F)c3)cnn2c1N. The lowest BCUT2D eigenvalue weighted by Crippen LogP contribution is -2.46. The summed E-state index contributed by atoms with van der Waals surface area (Å²) in [5.74, 6) is -0.987. The first-order valence-electron chi connectivity index (χ1n) is 12.1. The number of rotatable bonds is 5. The Morgan fingerprint density at radius 3 is 2.61 bits per heavy atom. The fourth-order valence-corrected chi connectivity index (χ4v) is 6.94. The van der Waals surface area contributed by atoms with Gasteiger partial charge in [0.1, 0.15) is 22.9 Å². The zero-order valence-electron chi connectivity index (χ0n) is 20.4. The lowest BCUT2D eigenvalue weighted by atomic mass is 9.87. The number of nitrogen functional groups attached to an aromatic ring is 1. The Balaban J connectivity index is 1.44. The fraction of sp³-hybridized carbons (Fsp3) is 0.375. The summed E-state index contributed by atoms with van der Waals surface area (Å²) in [6, 6.07) is 4.15. The molecule has 0 spiro atoms. The Morgan fingerprint density at radius 1 is 1.26 bits per heavy atom. The molecule has 2 saturated heterocycles. The number of aliphatic hydroxyl groups is 1. The minimum Gasteiger partial charge on any atom is -0.392 e. The van der Waals surface area contributed by atoms with Gasteiger partial charge in [-0.05, 0) is 37.3 Å². The van der Waals surface area contributed by atoms with Gasteiger partial charge in [0, 0.05) is 35.4 Å². The molecule has 12 nitrogen and oxygen atoms in total. The number of benzene rings is 1. The minimum absolute atomic E-state index is 0.0706. The number of H-pyrrole nitrogens is 1. The molecular formula is C24H25FN8O4S. The maximum absolute atomic E-state index is 14.5. The quantitative estimate of drug-likeness (QED) is 0.340. The van der Waals surface area contributed by atoms with Crippen molar-refractivity contribution < 1.29 is 22.7 Å². The third-order valence-electron chi connectivity index (χ3n) is 7.54. The minimum atomic E-state index is -3.80. The molecule has 0 aliphatic carbocycles. The number of aromatic amines is 1. The zero-order chi connectivity index (χ0) is 26.8. The summed E-state index contributed by atoms with van der Waals surface area (Å²) in [6.07, 6.45) is 6.47. The summed E-state index contributed by atoms with van der Waals surface area (Å²) < 4.78 is 41.6. The van der Waals surface area contributed by atoms with Crippen LogP contribution in [0.4, 0.5) is 10.2 Å². The Kier molecular flexibility index (Phi) is 5.68. The normalized spacial score (nSPS) is 21.3. The van der Waals surface area contributed by atoms with E-state index in [1.165, 1.54) is 29.2 Å². The number of nitrogens with zero attached hydrogens (tertiary/aromatic N) is 6. The molecule has 3 aromatic heterocycles. The number of anilines is 1. The van der Waals surface area contributed by atoms with Crippen LogP contribution in [-0.4, -0.2) is 72.5 Å². The first-order chi connectivity index (χ1) is 18.2. The summed E-state index contributed by atoms with van der Waals surface area (Å²) in [5, 5.41) is 21.1. The third kappa shape index (κ3) is 3.82. The van der Waals surface area contributed by atoms with Gasteiger partial charge in [-0.1, -0.05) is 12.1 Å². The fourth-order valence-electron chi connectivity index (χ4n) is 5.89. The average Bonchev–Trinajstić information content (AvgIpc) is 3.61. The summed E-state index contributed by atoms with van der Waals surface area (Å²) >= 11 is 0. The number of carbonyl (C=O) groups is 1. The van der Waals surface area contributed by atoms with Gasteiger partial charge in [0.2, 0.25) is 5.82 Å². The standard InChI is InChI=1S/C24H25FN8O4S/c1-38(36,37)20-19(14-6-15-4-5-16(7-14)32(15)24(35)22-27-11-28-31-22)30-23-17(9-29-33(23)21(20)26)12-2-3-13(10-34)18(25)8-12/h2-3,8-9,11,14-16,34H,4-7,10,26H2,1H3,(H,27,28,31)/t14-,15-,16+. The van der Waals surface area contributed by atoms with E-state index in [9.17, 15) is 22.7 Å². The van der Waals surface area contributed by atoms with Crippen LogP contribution in [0.25, 0.3) is 16.8 Å². The number of aromatic nitrogens is 6. The highest BCUT2D eigenvalue weighted by molar-refractivity contribution is 7.91. The van der Waals surface area contributed by atoms with Crippen LogP contribution < -0.4 is 5.73 Å². The number of nitrogens with one attached hydrogen (secondary N) is 1. The van der Waals surface area contributed by atoms with E-state index in [-0.39, 0.29) is 46.0 Å². The number of hydrogen-bond donors (Lipinski definition) is 3. The highest BCUT2D eigenvalue weighted by atomic mass is 32.2. The number of piperidine rings is 1. The second-order valence-electron chi connectivity index (χ2n) is 9.84. The molecule has 4 N–H and O–H groups in total. The Hall–Kier alpha value is -3.91. The van der Waals surface area contributed by atoms with Gasteiger partial charge in [0.05, 0.1) is 18.5 Å². The van der Waals surface area contributed by atoms with Crippen LogP contribution in [0, 0.1) is 5.82 Å². The Labute approximate surface area is 216 Å². The Morgan fingerprint density at radius 2 is 2.00 bits per heavy atom. The first kappa shape index (κ1) is 24.4. The number of hydrogen-bond acceptors (Lipinski definition) is 9. The maximum Gasteiger partial charge on any atom is 0.292 e.